The lowest BCUT2D eigenvalue weighted by Gasteiger charge is -2.32. The van der Waals surface area contributed by atoms with Crippen molar-refractivity contribution >= 4 is 17.0 Å². The molecule has 0 bridgehead atoms. The Morgan fingerprint density at radius 3 is 2.11 bits per heavy atom. The van der Waals surface area contributed by atoms with Gasteiger partial charge in [-0.15, -0.1) is 0 Å². The van der Waals surface area contributed by atoms with Crippen LogP contribution in [0.3, 0.4) is 0 Å². The summed E-state index contributed by atoms with van der Waals surface area (Å²) in [6.45, 7) is 3.86. The van der Waals surface area contributed by atoms with Crippen molar-refractivity contribution in [1.29, 1.82) is 10.5 Å². The van der Waals surface area contributed by atoms with Gasteiger partial charge in [-0.3, -0.25) is 0 Å². The van der Waals surface area contributed by atoms with Gasteiger partial charge in [-0.05, 0) is 66.8 Å². The number of piperidine rings is 1. The number of benzene rings is 3. The number of likely N-dealkylation sites (tertiary alicyclic amines) is 1. The molecule has 174 valence electrons. The maximum atomic E-state index is 9.09. The van der Waals surface area contributed by atoms with E-state index in [4.69, 9.17) is 15.5 Å². The highest BCUT2D eigenvalue weighted by Gasteiger charge is 2.21. The minimum atomic E-state index is 0.387. The molecule has 1 aliphatic rings. The first-order valence-electron chi connectivity index (χ1n) is 12.1. The molecule has 1 aromatic heterocycles. The second kappa shape index (κ2) is 10.4. The fraction of sp³-hybridized carbons (Fsp3) is 0.276. The third-order valence-corrected chi connectivity index (χ3v) is 6.80. The number of nitriles is 2. The fourth-order valence-electron chi connectivity index (χ4n) is 4.73. The predicted molar refractivity (Wildman–Crippen MR) is 138 cm³/mol. The fourth-order valence-corrected chi connectivity index (χ4v) is 4.73. The lowest BCUT2D eigenvalue weighted by atomic mass is 10.0. The average Bonchev–Trinajstić information content (AvgIpc) is 3.25. The van der Waals surface area contributed by atoms with Gasteiger partial charge < -0.3 is 14.8 Å². The molecular weight excluding hydrogens is 432 g/mol. The highest BCUT2D eigenvalue weighted by Crippen LogP contribution is 2.24. The zero-order valence-electron chi connectivity index (χ0n) is 19.7. The van der Waals surface area contributed by atoms with Crippen LogP contribution in [0.25, 0.3) is 11.0 Å². The first-order valence-corrected chi connectivity index (χ1v) is 12.1. The summed E-state index contributed by atoms with van der Waals surface area (Å²) < 4.78 is 2.24. The molecule has 0 atom stereocenters. The molecule has 0 saturated carbocycles. The van der Waals surface area contributed by atoms with E-state index in [0.717, 1.165) is 61.4 Å². The summed E-state index contributed by atoms with van der Waals surface area (Å²) in [7, 11) is 0. The van der Waals surface area contributed by atoms with Crippen LogP contribution in [0, 0.1) is 22.7 Å². The molecule has 6 heteroatoms. The zero-order valence-corrected chi connectivity index (χ0v) is 19.7. The van der Waals surface area contributed by atoms with E-state index in [1.54, 1.807) is 0 Å². The van der Waals surface area contributed by atoms with E-state index in [2.05, 4.69) is 57.3 Å². The number of para-hydroxylation sites is 2. The Kier molecular flexibility index (Phi) is 6.75. The largest absolute Gasteiger partial charge is 0.353 e. The van der Waals surface area contributed by atoms with E-state index in [-0.39, 0.29) is 0 Å². The Labute approximate surface area is 206 Å². The summed E-state index contributed by atoms with van der Waals surface area (Å²) >= 11 is 0. The van der Waals surface area contributed by atoms with Crippen molar-refractivity contribution in [2.45, 2.75) is 31.8 Å². The smallest absolute Gasteiger partial charge is 0.204 e. The molecule has 4 aromatic rings. The number of imidazole rings is 1. The first kappa shape index (κ1) is 22.7. The Bertz CT molecular complexity index is 1360. The molecule has 0 spiro atoms. The highest BCUT2D eigenvalue weighted by molar-refractivity contribution is 5.78. The number of nitrogens with zero attached hydrogens (tertiary/aromatic N) is 5. The monoisotopic (exact) mass is 460 g/mol. The van der Waals surface area contributed by atoms with Crippen LogP contribution < -0.4 is 5.32 Å². The highest BCUT2D eigenvalue weighted by atomic mass is 15.2. The summed E-state index contributed by atoms with van der Waals surface area (Å²) in [4.78, 5) is 7.43. The Morgan fingerprint density at radius 1 is 0.829 bits per heavy atom. The van der Waals surface area contributed by atoms with E-state index < -0.39 is 0 Å². The third-order valence-electron chi connectivity index (χ3n) is 6.80. The van der Waals surface area contributed by atoms with Crippen LogP contribution in [-0.2, 0) is 13.0 Å². The van der Waals surface area contributed by atoms with Crippen LogP contribution in [-0.4, -0.2) is 40.1 Å². The molecule has 1 aliphatic heterocycles. The van der Waals surface area contributed by atoms with Crippen molar-refractivity contribution in [2.75, 3.05) is 25.0 Å². The SMILES string of the molecule is N#Cc1ccc(CCN2CCC(Nc3nc4ccccc4n3Cc3ccc(C#N)cc3)CC2)cc1. The minimum absolute atomic E-state index is 0.387. The van der Waals surface area contributed by atoms with Gasteiger partial charge in [0, 0.05) is 25.7 Å². The minimum Gasteiger partial charge on any atom is -0.353 e. The van der Waals surface area contributed by atoms with Gasteiger partial charge in [0.25, 0.3) is 0 Å². The summed E-state index contributed by atoms with van der Waals surface area (Å²) in [6, 6.07) is 28.7. The van der Waals surface area contributed by atoms with Crippen molar-refractivity contribution in [1.82, 2.24) is 14.5 Å². The van der Waals surface area contributed by atoms with Crippen LogP contribution >= 0.6 is 0 Å². The number of rotatable bonds is 7. The normalized spacial score (nSPS) is 14.5. The predicted octanol–water partition coefficient (Wildman–Crippen LogP) is 4.95. The first-order chi connectivity index (χ1) is 17.2. The second-order valence-electron chi connectivity index (χ2n) is 9.14. The number of fused-ring (bicyclic) bond motifs is 1. The van der Waals surface area contributed by atoms with Crippen LogP contribution in [0.2, 0.25) is 0 Å². The van der Waals surface area contributed by atoms with Crippen molar-refractivity contribution in [2.24, 2.45) is 0 Å². The summed E-state index contributed by atoms with van der Waals surface area (Å²) in [5, 5.41) is 21.8. The van der Waals surface area contributed by atoms with Gasteiger partial charge in [0.2, 0.25) is 5.95 Å². The van der Waals surface area contributed by atoms with E-state index in [0.29, 0.717) is 23.7 Å². The van der Waals surface area contributed by atoms with Gasteiger partial charge in [-0.1, -0.05) is 36.4 Å². The quantitative estimate of drug-likeness (QED) is 0.422. The van der Waals surface area contributed by atoms with E-state index in [9.17, 15) is 0 Å². The maximum absolute atomic E-state index is 9.09. The van der Waals surface area contributed by atoms with Crippen molar-refractivity contribution < 1.29 is 0 Å². The molecule has 1 saturated heterocycles. The topological polar surface area (TPSA) is 80.7 Å². The molecule has 1 fully saturated rings. The number of hydrogen-bond donors (Lipinski definition) is 1. The molecule has 6 nitrogen and oxygen atoms in total. The molecule has 0 radical (unpaired) electrons. The maximum Gasteiger partial charge on any atom is 0.204 e. The van der Waals surface area contributed by atoms with Gasteiger partial charge in [-0.25, -0.2) is 4.98 Å². The summed E-state index contributed by atoms with van der Waals surface area (Å²) in [5.41, 5.74) is 5.91. The third kappa shape index (κ3) is 5.35. The number of aromatic nitrogens is 2. The van der Waals surface area contributed by atoms with Crippen LogP contribution in [0.1, 0.15) is 35.1 Å². The standard InChI is InChI=1S/C29H28N6/c30-19-23-7-5-22(6-8-23)13-16-34-17-14-26(15-18-34)32-29-33-27-3-1-2-4-28(27)35(29)21-25-11-9-24(20-31)10-12-25/h1-12,26H,13-18,21H2,(H,32,33). The molecule has 3 aromatic carbocycles. The van der Waals surface area contributed by atoms with Crippen LogP contribution in [0.4, 0.5) is 5.95 Å². The average molecular weight is 461 g/mol. The lowest BCUT2D eigenvalue weighted by molar-refractivity contribution is 0.221. The van der Waals surface area contributed by atoms with Crippen LogP contribution in [0.15, 0.2) is 72.8 Å². The molecule has 1 N–H and O–H groups in total. The van der Waals surface area contributed by atoms with Crippen molar-refractivity contribution in [3.8, 4) is 12.1 Å². The van der Waals surface area contributed by atoms with E-state index in [1.807, 2.05) is 42.5 Å². The molecule has 0 aliphatic carbocycles. The second-order valence-corrected chi connectivity index (χ2v) is 9.14. The Hall–Kier alpha value is -4.13. The van der Waals surface area contributed by atoms with Gasteiger partial charge in [-0.2, -0.15) is 10.5 Å². The van der Waals surface area contributed by atoms with Crippen LogP contribution in [0.5, 0.6) is 0 Å². The van der Waals surface area contributed by atoms with Gasteiger partial charge in [0.05, 0.1) is 40.8 Å². The number of nitrogens with one attached hydrogen (secondary N) is 1. The molecule has 5 rings (SSSR count). The Balaban J connectivity index is 1.22. The summed E-state index contributed by atoms with van der Waals surface area (Å²) in [6.07, 6.45) is 3.16. The van der Waals surface area contributed by atoms with Crippen molar-refractivity contribution in [3.63, 3.8) is 0 Å². The zero-order chi connectivity index (χ0) is 24.0. The van der Waals surface area contributed by atoms with Gasteiger partial charge >= 0.3 is 0 Å². The molecule has 0 unspecified atom stereocenters. The van der Waals surface area contributed by atoms with Gasteiger partial charge in [0.15, 0.2) is 0 Å². The number of anilines is 1. The number of hydrogen-bond acceptors (Lipinski definition) is 5. The van der Waals surface area contributed by atoms with E-state index >= 15 is 0 Å². The van der Waals surface area contributed by atoms with E-state index in [1.165, 1.54) is 5.56 Å². The molecule has 35 heavy (non-hydrogen) atoms. The summed E-state index contributed by atoms with van der Waals surface area (Å²) in [5.74, 6) is 0.909. The molecular formula is C29H28N6. The Morgan fingerprint density at radius 2 is 1.46 bits per heavy atom. The molecule has 2 heterocycles. The molecule has 0 amide bonds. The van der Waals surface area contributed by atoms with Crippen molar-refractivity contribution in [3.05, 3.63) is 95.1 Å². The lowest BCUT2D eigenvalue weighted by Crippen LogP contribution is -2.40. The van der Waals surface area contributed by atoms with Gasteiger partial charge in [0.1, 0.15) is 0 Å².